The summed E-state index contributed by atoms with van der Waals surface area (Å²) >= 11 is 0. The Morgan fingerprint density at radius 1 is 1.21 bits per heavy atom. The summed E-state index contributed by atoms with van der Waals surface area (Å²) in [5.74, 6) is -7.31. The SMILES string of the molecule is COc1c([C@@H]2[C@@H](C(=O)Nc3ccnc(C(C)=O)c3)O[C@@](C)(C(F)(F)F)[C@@H]2C)ccc(F)c1F. The van der Waals surface area contributed by atoms with Crippen molar-refractivity contribution in [3.63, 3.8) is 0 Å². The van der Waals surface area contributed by atoms with Gasteiger partial charge in [-0.2, -0.15) is 17.6 Å². The molecular formula is C22H21F5N2O4. The minimum absolute atomic E-state index is 0.0347. The summed E-state index contributed by atoms with van der Waals surface area (Å²) in [6.07, 6.45) is -5.36. The first-order valence-electron chi connectivity index (χ1n) is 9.86. The minimum Gasteiger partial charge on any atom is -0.493 e. The highest BCUT2D eigenvalue weighted by Crippen LogP contribution is 2.55. The summed E-state index contributed by atoms with van der Waals surface area (Å²) in [6.45, 7) is 3.27. The number of carbonyl (C=O) groups is 2. The normalized spacial score (nSPS) is 25.1. The van der Waals surface area contributed by atoms with E-state index in [-0.39, 0.29) is 22.7 Å². The van der Waals surface area contributed by atoms with Crippen LogP contribution in [-0.2, 0) is 9.53 Å². The Hall–Kier alpha value is -3.08. The lowest BCUT2D eigenvalue weighted by Gasteiger charge is -2.32. The first kappa shape index (κ1) is 24.6. The average molecular weight is 472 g/mol. The summed E-state index contributed by atoms with van der Waals surface area (Å²) in [4.78, 5) is 28.5. The number of alkyl halides is 3. The van der Waals surface area contributed by atoms with Crippen LogP contribution in [0.15, 0.2) is 30.5 Å². The number of pyridine rings is 1. The van der Waals surface area contributed by atoms with E-state index in [1.54, 1.807) is 0 Å². The molecule has 2 aromatic rings. The summed E-state index contributed by atoms with van der Waals surface area (Å²) in [5, 5.41) is 2.42. The number of hydrogen-bond acceptors (Lipinski definition) is 5. The molecule has 33 heavy (non-hydrogen) atoms. The molecule has 6 nitrogen and oxygen atoms in total. The quantitative estimate of drug-likeness (QED) is 0.507. The van der Waals surface area contributed by atoms with Crippen molar-refractivity contribution in [2.45, 2.75) is 44.6 Å². The van der Waals surface area contributed by atoms with Gasteiger partial charge in [-0.3, -0.25) is 14.6 Å². The fourth-order valence-corrected chi connectivity index (χ4v) is 3.95. The molecule has 0 bridgehead atoms. The number of amides is 1. The van der Waals surface area contributed by atoms with Gasteiger partial charge in [-0.05, 0) is 25.1 Å². The molecule has 1 amide bonds. The maximum atomic E-state index is 14.4. The Morgan fingerprint density at radius 2 is 1.88 bits per heavy atom. The minimum atomic E-state index is -4.87. The third-order valence-corrected chi connectivity index (χ3v) is 5.96. The molecule has 4 atom stereocenters. The molecule has 1 saturated heterocycles. The molecule has 0 aliphatic carbocycles. The van der Waals surface area contributed by atoms with Gasteiger partial charge in [0.2, 0.25) is 5.82 Å². The van der Waals surface area contributed by atoms with Gasteiger partial charge in [0.15, 0.2) is 23.0 Å². The van der Waals surface area contributed by atoms with Crippen LogP contribution in [0.5, 0.6) is 5.75 Å². The zero-order valence-electron chi connectivity index (χ0n) is 18.1. The smallest absolute Gasteiger partial charge is 0.417 e. The van der Waals surface area contributed by atoms with Gasteiger partial charge in [0.1, 0.15) is 11.8 Å². The van der Waals surface area contributed by atoms with E-state index in [0.29, 0.717) is 0 Å². The van der Waals surface area contributed by atoms with Gasteiger partial charge in [0.25, 0.3) is 5.91 Å². The van der Waals surface area contributed by atoms with Gasteiger partial charge in [-0.25, -0.2) is 4.39 Å². The van der Waals surface area contributed by atoms with Gasteiger partial charge < -0.3 is 14.8 Å². The van der Waals surface area contributed by atoms with E-state index in [4.69, 9.17) is 9.47 Å². The Bertz CT molecular complexity index is 1090. The molecule has 3 rings (SSSR count). The molecular weight excluding hydrogens is 451 g/mol. The van der Waals surface area contributed by atoms with E-state index in [1.165, 1.54) is 32.2 Å². The number of hydrogen-bond donors (Lipinski definition) is 1. The van der Waals surface area contributed by atoms with Crippen LogP contribution in [0.25, 0.3) is 0 Å². The average Bonchev–Trinajstić information content (AvgIpc) is 3.02. The zero-order valence-corrected chi connectivity index (χ0v) is 18.1. The van der Waals surface area contributed by atoms with Gasteiger partial charge in [-0.1, -0.05) is 13.0 Å². The number of Topliss-reactive ketones (excluding diaryl/α,β-unsaturated/α-hetero) is 1. The molecule has 0 spiro atoms. The number of anilines is 1. The van der Waals surface area contributed by atoms with E-state index in [1.807, 2.05) is 0 Å². The predicted octanol–water partition coefficient (Wildman–Crippen LogP) is 4.65. The molecule has 2 heterocycles. The Morgan fingerprint density at radius 3 is 2.45 bits per heavy atom. The first-order valence-corrected chi connectivity index (χ1v) is 9.86. The van der Waals surface area contributed by atoms with Crippen molar-refractivity contribution in [2.75, 3.05) is 12.4 Å². The summed E-state index contributed by atoms with van der Waals surface area (Å²) < 4.78 is 80.2. The first-order chi connectivity index (χ1) is 15.3. The van der Waals surface area contributed by atoms with Crippen LogP contribution in [0, 0.1) is 17.6 Å². The highest BCUT2D eigenvalue weighted by atomic mass is 19.4. The molecule has 1 aliphatic heterocycles. The van der Waals surface area contributed by atoms with E-state index in [9.17, 15) is 31.5 Å². The second-order valence-electron chi connectivity index (χ2n) is 7.92. The van der Waals surface area contributed by atoms with Gasteiger partial charge in [0.05, 0.1) is 7.11 Å². The number of ether oxygens (including phenoxy) is 2. The van der Waals surface area contributed by atoms with Crippen molar-refractivity contribution in [1.82, 2.24) is 4.98 Å². The largest absolute Gasteiger partial charge is 0.493 e. The number of halogens is 5. The third kappa shape index (κ3) is 4.29. The topological polar surface area (TPSA) is 77.5 Å². The van der Waals surface area contributed by atoms with Crippen molar-refractivity contribution in [3.05, 3.63) is 53.4 Å². The lowest BCUT2D eigenvalue weighted by atomic mass is 9.77. The number of benzene rings is 1. The second-order valence-corrected chi connectivity index (χ2v) is 7.92. The Balaban J connectivity index is 2.07. The highest BCUT2D eigenvalue weighted by Gasteiger charge is 2.65. The van der Waals surface area contributed by atoms with Gasteiger partial charge >= 0.3 is 6.18 Å². The molecule has 0 radical (unpaired) electrons. The molecule has 1 N–H and O–H groups in total. The van der Waals surface area contributed by atoms with E-state index >= 15 is 0 Å². The lowest BCUT2D eigenvalue weighted by Crippen LogP contribution is -2.47. The van der Waals surface area contributed by atoms with Crippen molar-refractivity contribution in [3.8, 4) is 5.75 Å². The molecule has 11 heteroatoms. The Kier molecular flexibility index (Phi) is 6.47. The molecule has 178 valence electrons. The van der Waals surface area contributed by atoms with Crippen LogP contribution in [0.3, 0.4) is 0 Å². The van der Waals surface area contributed by atoms with E-state index in [0.717, 1.165) is 26.2 Å². The maximum Gasteiger partial charge on any atom is 0.417 e. The van der Waals surface area contributed by atoms with Crippen LogP contribution in [0.1, 0.15) is 42.7 Å². The van der Waals surface area contributed by atoms with Crippen LogP contribution in [-0.4, -0.2) is 41.7 Å². The fraction of sp³-hybridized carbons (Fsp3) is 0.409. The van der Waals surface area contributed by atoms with E-state index in [2.05, 4.69) is 10.3 Å². The summed E-state index contributed by atoms with van der Waals surface area (Å²) in [5.41, 5.74) is -2.77. The maximum absolute atomic E-state index is 14.4. The van der Waals surface area contributed by atoms with Gasteiger partial charge in [-0.15, -0.1) is 0 Å². The molecule has 1 aromatic carbocycles. The van der Waals surface area contributed by atoms with Crippen LogP contribution >= 0.6 is 0 Å². The predicted molar refractivity (Wildman–Crippen MR) is 107 cm³/mol. The molecule has 0 unspecified atom stereocenters. The van der Waals surface area contributed by atoms with Gasteiger partial charge in [0, 0.05) is 36.2 Å². The number of carbonyl (C=O) groups excluding carboxylic acids is 2. The molecule has 1 aromatic heterocycles. The number of nitrogens with zero attached hydrogens (tertiary/aromatic N) is 1. The lowest BCUT2D eigenvalue weighted by molar-refractivity contribution is -0.272. The number of aromatic nitrogens is 1. The molecule has 1 fully saturated rings. The fourth-order valence-electron chi connectivity index (χ4n) is 3.95. The standard InChI is InChI=1S/C22H21F5N2O4/c1-10-16(13-5-6-14(23)17(24)18(13)32-4)19(33-21(10,3)22(25,26)27)20(31)29-12-7-8-28-15(9-12)11(2)30/h5-10,16,19H,1-4H3,(H,28,29,31)/t10-,16-,19+,21-/m1/s1. The monoisotopic (exact) mass is 472 g/mol. The second kappa shape index (κ2) is 8.69. The Labute approximate surface area is 186 Å². The van der Waals surface area contributed by atoms with Crippen molar-refractivity contribution < 1.29 is 41.0 Å². The highest BCUT2D eigenvalue weighted by molar-refractivity contribution is 5.97. The van der Waals surface area contributed by atoms with Crippen LogP contribution < -0.4 is 10.1 Å². The van der Waals surface area contributed by atoms with Crippen LogP contribution in [0.2, 0.25) is 0 Å². The zero-order chi connectivity index (χ0) is 24.7. The third-order valence-electron chi connectivity index (χ3n) is 5.96. The van der Waals surface area contributed by atoms with E-state index < -0.39 is 53.0 Å². The number of methoxy groups -OCH3 is 1. The molecule has 0 saturated carbocycles. The van der Waals surface area contributed by atoms with Crippen molar-refractivity contribution in [2.24, 2.45) is 5.92 Å². The summed E-state index contributed by atoms with van der Waals surface area (Å²) in [6, 6.07) is 4.43. The molecule has 1 aliphatic rings. The van der Waals surface area contributed by atoms with Crippen LogP contribution in [0.4, 0.5) is 27.6 Å². The number of nitrogens with one attached hydrogen (secondary N) is 1. The summed E-state index contributed by atoms with van der Waals surface area (Å²) in [7, 11) is 1.04. The number of rotatable bonds is 5. The van der Waals surface area contributed by atoms with Crippen molar-refractivity contribution >= 4 is 17.4 Å². The number of ketones is 1. The van der Waals surface area contributed by atoms with Crippen molar-refractivity contribution in [1.29, 1.82) is 0 Å².